The van der Waals surface area contributed by atoms with Crippen molar-refractivity contribution in [1.82, 2.24) is 4.57 Å². The van der Waals surface area contributed by atoms with Gasteiger partial charge in [-0.15, -0.1) is 0 Å². The van der Waals surface area contributed by atoms with E-state index in [0.29, 0.717) is 18.2 Å². The summed E-state index contributed by atoms with van der Waals surface area (Å²) in [6.07, 6.45) is 3.49. The van der Waals surface area contributed by atoms with Gasteiger partial charge in [0.25, 0.3) is 0 Å². The SMILES string of the molecule is CCOC(=O)/C(C#N)=C/c1cn(CCOc2ccc(Cl)cc2C)c2ccccc12. The fourth-order valence-electron chi connectivity index (χ4n) is 3.11. The average molecular weight is 409 g/mol. The average Bonchev–Trinajstić information content (AvgIpc) is 3.05. The molecule has 0 spiro atoms. The third-order valence-corrected chi connectivity index (χ3v) is 4.70. The molecular weight excluding hydrogens is 388 g/mol. The number of esters is 1. The van der Waals surface area contributed by atoms with E-state index in [0.717, 1.165) is 27.8 Å². The fraction of sp³-hybridized carbons (Fsp3) is 0.217. The minimum Gasteiger partial charge on any atom is -0.491 e. The van der Waals surface area contributed by atoms with Crippen LogP contribution in [0.4, 0.5) is 0 Å². The summed E-state index contributed by atoms with van der Waals surface area (Å²) in [6, 6.07) is 15.3. The standard InChI is InChI=1S/C23H21ClN2O3/c1-3-28-23(27)17(14-25)13-18-15-26(21-7-5-4-6-20(18)21)10-11-29-22-9-8-19(24)12-16(22)2/h4-9,12-13,15H,3,10-11H2,1-2H3/b17-13+. The maximum Gasteiger partial charge on any atom is 0.348 e. The number of rotatable bonds is 7. The molecule has 0 amide bonds. The monoisotopic (exact) mass is 408 g/mol. The van der Waals surface area contributed by atoms with Crippen molar-refractivity contribution < 1.29 is 14.3 Å². The topological polar surface area (TPSA) is 64.2 Å². The maximum atomic E-state index is 12.0. The van der Waals surface area contributed by atoms with Crippen LogP contribution < -0.4 is 4.74 Å². The molecule has 2 aromatic carbocycles. The van der Waals surface area contributed by atoms with E-state index in [-0.39, 0.29) is 12.2 Å². The number of hydrogen-bond acceptors (Lipinski definition) is 4. The number of nitriles is 1. The molecular formula is C23H21ClN2O3. The Bertz CT molecular complexity index is 1110. The lowest BCUT2D eigenvalue weighted by atomic mass is 10.1. The Morgan fingerprint density at radius 3 is 2.79 bits per heavy atom. The molecule has 29 heavy (non-hydrogen) atoms. The molecule has 6 heteroatoms. The van der Waals surface area contributed by atoms with Crippen LogP contribution in [-0.4, -0.2) is 23.8 Å². The third-order valence-electron chi connectivity index (χ3n) is 4.46. The molecule has 3 aromatic rings. The number of hydrogen-bond donors (Lipinski definition) is 0. The van der Waals surface area contributed by atoms with Crippen LogP contribution in [0.15, 0.2) is 54.2 Å². The van der Waals surface area contributed by atoms with Gasteiger partial charge in [-0.05, 0) is 49.8 Å². The van der Waals surface area contributed by atoms with Crippen molar-refractivity contribution in [3.05, 3.63) is 70.4 Å². The van der Waals surface area contributed by atoms with Crippen LogP contribution in [0, 0.1) is 18.3 Å². The summed E-state index contributed by atoms with van der Waals surface area (Å²) < 4.78 is 12.9. The first kappa shape index (κ1) is 20.5. The first-order chi connectivity index (χ1) is 14.0. The van der Waals surface area contributed by atoms with E-state index in [4.69, 9.17) is 21.1 Å². The van der Waals surface area contributed by atoms with Crippen molar-refractivity contribution in [2.45, 2.75) is 20.4 Å². The van der Waals surface area contributed by atoms with Crippen LogP contribution in [0.3, 0.4) is 0 Å². The summed E-state index contributed by atoms with van der Waals surface area (Å²) in [5.74, 6) is 0.174. The van der Waals surface area contributed by atoms with E-state index in [1.54, 1.807) is 19.1 Å². The van der Waals surface area contributed by atoms with Gasteiger partial charge >= 0.3 is 5.97 Å². The molecule has 0 aliphatic carbocycles. The first-order valence-corrected chi connectivity index (χ1v) is 9.67. The Hall–Kier alpha value is -3.23. The number of halogens is 1. The summed E-state index contributed by atoms with van der Waals surface area (Å²) >= 11 is 5.99. The molecule has 1 heterocycles. The molecule has 148 valence electrons. The van der Waals surface area contributed by atoms with Crippen molar-refractivity contribution >= 4 is 34.5 Å². The van der Waals surface area contributed by atoms with E-state index in [2.05, 4.69) is 0 Å². The number of carbonyl (C=O) groups excluding carboxylic acids is 1. The zero-order valence-corrected chi connectivity index (χ0v) is 17.1. The second kappa shape index (κ2) is 9.31. The van der Waals surface area contributed by atoms with Crippen LogP contribution >= 0.6 is 11.6 Å². The van der Waals surface area contributed by atoms with Crippen molar-refractivity contribution in [2.75, 3.05) is 13.2 Å². The molecule has 3 rings (SSSR count). The molecule has 0 saturated heterocycles. The van der Waals surface area contributed by atoms with Gasteiger partial charge in [0, 0.05) is 27.7 Å². The largest absolute Gasteiger partial charge is 0.491 e. The maximum absolute atomic E-state index is 12.0. The van der Waals surface area contributed by atoms with Crippen LogP contribution in [0.2, 0.25) is 5.02 Å². The van der Waals surface area contributed by atoms with Crippen LogP contribution in [0.25, 0.3) is 17.0 Å². The molecule has 0 aliphatic rings. The van der Waals surface area contributed by atoms with Gasteiger partial charge in [0.1, 0.15) is 24.0 Å². The highest BCUT2D eigenvalue weighted by Gasteiger charge is 2.13. The quantitative estimate of drug-likeness (QED) is 0.308. The van der Waals surface area contributed by atoms with E-state index >= 15 is 0 Å². The van der Waals surface area contributed by atoms with E-state index in [9.17, 15) is 10.1 Å². The molecule has 0 radical (unpaired) electrons. The molecule has 1 aromatic heterocycles. The summed E-state index contributed by atoms with van der Waals surface area (Å²) in [7, 11) is 0. The predicted molar refractivity (Wildman–Crippen MR) is 114 cm³/mol. The van der Waals surface area contributed by atoms with Gasteiger partial charge in [-0.2, -0.15) is 5.26 Å². The summed E-state index contributed by atoms with van der Waals surface area (Å²) in [5.41, 5.74) is 2.73. The molecule has 0 N–H and O–H groups in total. The van der Waals surface area contributed by atoms with Crippen molar-refractivity contribution in [2.24, 2.45) is 0 Å². The van der Waals surface area contributed by atoms with Crippen LogP contribution in [0.5, 0.6) is 5.75 Å². The van der Waals surface area contributed by atoms with Gasteiger partial charge in [0.05, 0.1) is 13.2 Å². The Labute approximate surface area is 174 Å². The van der Waals surface area contributed by atoms with Gasteiger partial charge in [0.15, 0.2) is 0 Å². The number of carbonyl (C=O) groups is 1. The second-order valence-corrected chi connectivity index (χ2v) is 6.88. The number of nitrogens with zero attached hydrogens (tertiary/aromatic N) is 2. The predicted octanol–water partition coefficient (Wildman–Crippen LogP) is 5.15. The minimum atomic E-state index is -0.617. The fourth-order valence-corrected chi connectivity index (χ4v) is 3.33. The van der Waals surface area contributed by atoms with E-state index in [1.807, 2.05) is 60.2 Å². The summed E-state index contributed by atoms with van der Waals surface area (Å²) in [6.45, 7) is 4.96. The number of para-hydroxylation sites is 1. The molecule has 5 nitrogen and oxygen atoms in total. The smallest absolute Gasteiger partial charge is 0.348 e. The lowest BCUT2D eigenvalue weighted by molar-refractivity contribution is -0.137. The number of fused-ring (bicyclic) bond motifs is 1. The van der Waals surface area contributed by atoms with Crippen molar-refractivity contribution in [3.8, 4) is 11.8 Å². The number of benzene rings is 2. The molecule has 0 saturated carbocycles. The zero-order chi connectivity index (χ0) is 20.8. The van der Waals surface area contributed by atoms with Crippen molar-refractivity contribution in [1.29, 1.82) is 5.26 Å². The Kier molecular flexibility index (Phi) is 6.58. The molecule has 0 bridgehead atoms. The molecule has 0 aliphatic heterocycles. The molecule has 0 unspecified atom stereocenters. The van der Waals surface area contributed by atoms with Gasteiger partial charge in [-0.25, -0.2) is 4.79 Å². The minimum absolute atomic E-state index is 0.0252. The third kappa shape index (κ3) is 4.79. The van der Waals surface area contributed by atoms with Crippen LogP contribution in [0.1, 0.15) is 18.1 Å². The van der Waals surface area contributed by atoms with Gasteiger partial charge in [-0.1, -0.05) is 29.8 Å². The highest BCUT2D eigenvalue weighted by atomic mass is 35.5. The van der Waals surface area contributed by atoms with Crippen molar-refractivity contribution in [3.63, 3.8) is 0 Å². The highest BCUT2D eigenvalue weighted by Crippen LogP contribution is 2.25. The number of aromatic nitrogens is 1. The first-order valence-electron chi connectivity index (χ1n) is 9.29. The Balaban J connectivity index is 1.84. The molecule has 0 atom stereocenters. The van der Waals surface area contributed by atoms with Gasteiger partial charge < -0.3 is 14.0 Å². The Morgan fingerprint density at radius 2 is 2.07 bits per heavy atom. The second-order valence-electron chi connectivity index (χ2n) is 6.44. The zero-order valence-electron chi connectivity index (χ0n) is 16.3. The van der Waals surface area contributed by atoms with Gasteiger partial charge in [-0.3, -0.25) is 0 Å². The van der Waals surface area contributed by atoms with Crippen LogP contribution in [-0.2, 0) is 16.1 Å². The lowest BCUT2D eigenvalue weighted by Gasteiger charge is -2.10. The number of aryl methyl sites for hydroxylation is 1. The lowest BCUT2D eigenvalue weighted by Crippen LogP contribution is -2.08. The molecule has 0 fully saturated rings. The summed E-state index contributed by atoms with van der Waals surface area (Å²) in [4.78, 5) is 12.0. The summed E-state index contributed by atoms with van der Waals surface area (Å²) in [5, 5.41) is 11.0. The number of ether oxygens (including phenoxy) is 2. The normalized spacial score (nSPS) is 11.3. The Morgan fingerprint density at radius 1 is 1.28 bits per heavy atom. The van der Waals surface area contributed by atoms with E-state index in [1.165, 1.54) is 0 Å². The highest BCUT2D eigenvalue weighted by molar-refractivity contribution is 6.30. The van der Waals surface area contributed by atoms with E-state index < -0.39 is 5.97 Å². The van der Waals surface area contributed by atoms with Gasteiger partial charge in [0.2, 0.25) is 0 Å².